The summed E-state index contributed by atoms with van der Waals surface area (Å²) >= 11 is 6.17. The molecule has 3 aromatic rings. The van der Waals surface area contributed by atoms with Crippen molar-refractivity contribution in [2.24, 2.45) is 0 Å². The maximum Gasteiger partial charge on any atom is 0.337 e. The monoisotopic (exact) mass is 491 g/mol. The van der Waals surface area contributed by atoms with Crippen molar-refractivity contribution in [3.63, 3.8) is 0 Å². The Hall–Kier alpha value is -4.63. The number of benzene rings is 3. The molecule has 0 unspecified atom stereocenters. The van der Waals surface area contributed by atoms with Crippen molar-refractivity contribution in [1.29, 1.82) is 0 Å². The average Bonchev–Trinajstić information content (AvgIpc) is 3.08. The van der Waals surface area contributed by atoms with Crippen molar-refractivity contribution in [3.8, 4) is 5.75 Å². The van der Waals surface area contributed by atoms with Crippen LogP contribution in [0.25, 0.3) is 0 Å². The predicted molar refractivity (Wildman–Crippen MR) is 129 cm³/mol. The lowest BCUT2D eigenvalue weighted by Crippen LogP contribution is -2.32. The van der Waals surface area contributed by atoms with Crippen LogP contribution in [0.15, 0.2) is 83.5 Å². The number of carbonyl (C=O) groups excluding carboxylic acids is 4. The Balaban J connectivity index is 1.53. The molecule has 1 heterocycles. The van der Waals surface area contributed by atoms with Gasteiger partial charge in [-0.05, 0) is 54.6 Å². The van der Waals surface area contributed by atoms with E-state index in [2.05, 4.69) is 15.4 Å². The number of rotatable bonds is 6. The van der Waals surface area contributed by atoms with E-state index in [4.69, 9.17) is 11.6 Å². The lowest BCUT2D eigenvalue weighted by molar-refractivity contribution is -0.120. The highest BCUT2D eigenvalue weighted by Crippen LogP contribution is 2.31. The summed E-state index contributed by atoms with van der Waals surface area (Å²) < 4.78 is 4.64. The Labute approximate surface area is 204 Å². The minimum absolute atomic E-state index is 0.0816. The number of ether oxygens (including phenoxy) is 1. The van der Waals surface area contributed by atoms with Crippen molar-refractivity contribution < 1.29 is 29.0 Å². The van der Waals surface area contributed by atoms with Gasteiger partial charge in [-0.25, -0.2) is 9.69 Å². The second kappa shape index (κ2) is 9.70. The number of hydrogen-bond donors (Lipinski definition) is 3. The summed E-state index contributed by atoms with van der Waals surface area (Å²) in [5.41, 5.74) is 1.14. The smallest absolute Gasteiger partial charge is 0.337 e. The quantitative estimate of drug-likeness (QED) is 0.271. The Morgan fingerprint density at radius 2 is 1.63 bits per heavy atom. The molecule has 0 aromatic heterocycles. The number of nitrogens with zero attached hydrogens (tertiary/aromatic N) is 1. The maximum absolute atomic E-state index is 13.0. The molecule has 3 amide bonds. The van der Waals surface area contributed by atoms with E-state index < -0.39 is 23.7 Å². The third-order valence-electron chi connectivity index (χ3n) is 5.12. The number of imide groups is 1. The fraction of sp³-hybridized carbons (Fsp3) is 0.0400. The highest BCUT2D eigenvalue weighted by atomic mass is 35.5. The number of carbonyl (C=O) groups is 4. The lowest BCUT2D eigenvalue weighted by Gasteiger charge is -2.15. The zero-order valence-corrected chi connectivity index (χ0v) is 19.0. The summed E-state index contributed by atoms with van der Waals surface area (Å²) in [6.45, 7) is 0. The van der Waals surface area contributed by atoms with Crippen molar-refractivity contribution in [2.45, 2.75) is 0 Å². The van der Waals surface area contributed by atoms with E-state index in [-0.39, 0.29) is 39.0 Å². The van der Waals surface area contributed by atoms with E-state index in [1.165, 1.54) is 43.5 Å². The van der Waals surface area contributed by atoms with Gasteiger partial charge in [0.2, 0.25) is 0 Å². The number of para-hydroxylation sites is 2. The molecule has 3 N–H and O–H groups in total. The summed E-state index contributed by atoms with van der Waals surface area (Å²) in [4.78, 5) is 50.8. The van der Waals surface area contributed by atoms with Crippen LogP contribution in [-0.4, -0.2) is 35.9 Å². The Bertz CT molecular complexity index is 1380. The van der Waals surface area contributed by atoms with Gasteiger partial charge in [0.25, 0.3) is 17.7 Å². The summed E-state index contributed by atoms with van der Waals surface area (Å²) in [6.07, 6.45) is 0. The number of nitrogens with one attached hydrogen (secondary N) is 2. The van der Waals surface area contributed by atoms with Crippen LogP contribution >= 0.6 is 11.6 Å². The Morgan fingerprint density at radius 1 is 0.914 bits per heavy atom. The molecule has 4 rings (SSSR count). The molecule has 0 radical (unpaired) electrons. The number of amides is 3. The Morgan fingerprint density at radius 3 is 2.31 bits per heavy atom. The maximum atomic E-state index is 13.0. The minimum Gasteiger partial charge on any atom is -0.506 e. The van der Waals surface area contributed by atoms with Crippen LogP contribution in [0.2, 0.25) is 0 Å². The van der Waals surface area contributed by atoms with Crippen molar-refractivity contribution in [2.75, 3.05) is 22.6 Å². The molecule has 0 saturated carbocycles. The van der Waals surface area contributed by atoms with E-state index in [0.717, 1.165) is 4.90 Å². The first-order valence-electron chi connectivity index (χ1n) is 10.2. The van der Waals surface area contributed by atoms with Gasteiger partial charge in [0.05, 0.1) is 24.0 Å². The number of halogens is 1. The first kappa shape index (κ1) is 23.5. The van der Waals surface area contributed by atoms with Gasteiger partial charge in [0, 0.05) is 11.3 Å². The van der Waals surface area contributed by atoms with Crippen LogP contribution in [0.1, 0.15) is 20.7 Å². The van der Waals surface area contributed by atoms with E-state index in [9.17, 15) is 24.3 Å². The largest absolute Gasteiger partial charge is 0.506 e. The van der Waals surface area contributed by atoms with Crippen LogP contribution in [0, 0.1) is 0 Å². The van der Waals surface area contributed by atoms with Gasteiger partial charge in [-0.3, -0.25) is 14.4 Å². The molecular weight excluding hydrogens is 474 g/mol. The molecule has 176 valence electrons. The minimum atomic E-state index is -0.738. The van der Waals surface area contributed by atoms with E-state index in [0.29, 0.717) is 5.69 Å². The summed E-state index contributed by atoms with van der Waals surface area (Å²) in [7, 11) is 1.25. The van der Waals surface area contributed by atoms with Gasteiger partial charge in [-0.1, -0.05) is 29.8 Å². The first-order valence-corrected chi connectivity index (χ1v) is 10.6. The molecule has 0 saturated heterocycles. The highest BCUT2D eigenvalue weighted by Gasteiger charge is 2.39. The number of methoxy groups -OCH3 is 1. The molecule has 35 heavy (non-hydrogen) atoms. The molecule has 3 aromatic carbocycles. The van der Waals surface area contributed by atoms with Crippen LogP contribution in [0.3, 0.4) is 0 Å². The number of anilines is 3. The van der Waals surface area contributed by atoms with E-state index in [1.54, 1.807) is 36.4 Å². The number of hydrogen-bond acceptors (Lipinski definition) is 7. The molecule has 10 heteroatoms. The number of esters is 1. The molecule has 0 fully saturated rings. The van der Waals surface area contributed by atoms with Crippen molar-refractivity contribution in [3.05, 3.63) is 94.7 Å². The van der Waals surface area contributed by atoms with E-state index in [1.807, 2.05) is 0 Å². The fourth-order valence-corrected chi connectivity index (χ4v) is 3.58. The average molecular weight is 492 g/mol. The summed E-state index contributed by atoms with van der Waals surface area (Å²) in [5, 5.41) is 15.0. The van der Waals surface area contributed by atoms with Gasteiger partial charge in [0.1, 0.15) is 16.5 Å². The molecule has 0 spiro atoms. The molecule has 1 aliphatic heterocycles. The first-order chi connectivity index (χ1) is 16.8. The van der Waals surface area contributed by atoms with Crippen LogP contribution in [0.5, 0.6) is 5.75 Å². The van der Waals surface area contributed by atoms with Crippen molar-refractivity contribution in [1.82, 2.24) is 0 Å². The summed E-state index contributed by atoms with van der Waals surface area (Å²) in [5.74, 6) is -2.56. The third kappa shape index (κ3) is 4.71. The van der Waals surface area contributed by atoms with Crippen LogP contribution in [-0.2, 0) is 14.3 Å². The van der Waals surface area contributed by atoms with Gasteiger partial charge < -0.3 is 20.5 Å². The molecule has 0 bridgehead atoms. The lowest BCUT2D eigenvalue weighted by atomic mass is 10.1. The zero-order valence-electron chi connectivity index (χ0n) is 18.2. The molecule has 0 aliphatic carbocycles. The third-order valence-corrected chi connectivity index (χ3v) is 5.47. The van der Waals surface area contributed by atoms with Gasteiger partial charge in [0.15, 0.2) is 0 Å². The topological polar surface area (TPSA) is 125 Å². The van der Waals surface area contributed by atoms with Gasteiger partial charge in [-0.15, -0.1) is 0 Å². The fourth-order valence-electron chi connectivity index (χ4n) is 3.37. The molecule has 0 atom stereocenters. The highest BCUT2D eigenvalue weighted by molar-refractivity contribution is 6.53. The standard InChI is InChI=1S/C25H18ClN3O6/c1-35-25(34)14-9-11-17(12-10-14)29-23(32)20(26)21(24(29)33)27-16-6-4-5-15(13-16)22(31)28-18-7-2-3-8-19(18)30/h2-13,27,30H,1H3,(H,28,31). The normalized spacial score (nSPS) is 13.1. The zero-order chi connectivity index (χ0) is 25.1. The molecule has 9 nitrogen and oxygen atoms in total. The van der Waals surface area contributed by atoms with Gasteiger partial charge in [-0.2, -0.15) is 0 Å². The van der Waals surface area contributed by atoms with Crippen LogP contribution < -0.4 is 15.5 Å². The number of phenolic OH excluding ortho intramolecular Hbond substituents is 1. The van der Waals surface area contributed by atoms with Gasteiger partial charge >= 0.3 is 5.97 Å². The molecular formula is C25H18ClN3O6. The predicted octanol–water partition coefficient (Wildman–Crippen LogP) is 3.87. The SMILES string of the molecule is COC(=O)c1ccc(N2C(=O)C(Cl)=C(Nc3cccc(C(=O)Nc4ccccc4O)c3)C2=O)cc1. The summed E-state index contributed by atoms with van der Waals surface area (Å²) in [6, 6.07) is 18.2. The van der Waals surface area contributed by atoms with E-state index >= 15 is 0 Å². The number of phenols is 1. The second-order valence-corrected chi connectivity index (χ2v) is 7.73. The number of aromatic hydroxyl groups is 1. The molecule has 1 aliphatic rings. The Kier molecular flexibility index (Phi) is 6.52. The van der Waals surface area contributed by atoms with Crippen molar-refractivity contribution >= 4 is 52.4 Å². The second-order valence-electron chi connectivity index (χ2n) is 7.35. The van der Waals surface area contributed by atoms with Crippen LogP contribution in [0.4, 0.5) is 17.1 Å².